The van der Waals surface area contributed by atoms with Gasteiger partial charge in [0.15, 0.2) is 6.04 Å². The van der Waals surface area contributed by atoms with E-state index in [-0.39, 0.29) is 25.0 Å². The van der Waals surface area contributed by atoms with Gasteiger partial charge < -0.3 is 19.5 Å². The van der Waals surface area contributed by atoms with Crippen LogP contribution in [-0.4, -0.2) is 60.4 Å². The van der Waals surface area contributed by atoms with Gasteiger partial charge in [0.2, 0.25) is 5.91 Å². The quantitative estimate of drug-likeness (QED) is 0.744. The lowest BCUT2D eigenvalue weighted by Gasteiger charge is -2.32. The van der Waals surface area contributed by atoms with Gasteiger partial charge in [-0.05, 0) is 13.8 Å². The van der Waals surface area contributed by atoms with Gasteiger partial charge in [-0.25, -0.2) is 4.79 Å². The number of aliphatic carboxylic acids is 1. The van der Waals surface area contributed by atoms with Gasteiger partial charge >= 0.3 is 5.97 Å². The zero-order valence-electron chi connectivity index (χ0n) is 10.2. The maximum absolute atomic E-state index is 11.8. The molecule has 17 heavy (non-hydrogen) atoms. The molecule has 0 aromatic carbocycles. The van der Waals surface area contributed by atoms with Crippen LogP contribution >= 0.6 is 0 Å². The van der Waals surface area contributed by atoms with Crippen LogP contribution in [0.4, 0.5) is 0 Å². The van der Waals surface area contributed by atoms with Crippen LogP contribution in [0, 0.1) is 0 Å². The Morgan fingerprint density at radius 3 is 2.82 bits per heavy atom. The Labute approximate surface area is 100 Å². The molecule has 1 amide bonds. The molecule has 1 aliphatic heterocycles. The topological polar surface area (TPSA) is 76.1 Å². The molecule has 1 fully saturated rings. The summed E-state index contributed by atoms with van der Waals surface area (Å²) in [7, 11) is 0. The molecule has 0 spiro atoms. The largest absolute Gasteiger partial charge is 0.480 e. The van der Waals surface area contributed by atoms with Crippen molar-refractivity contribution in [2.75, 3.05) is 26.4 Å². The van der Waals surface area contributed by atoms with Gasteiger partial charge in [-0.15, -0.1) is 0 Å². The molecule has 1 saturated heterocycles. The van der Waals surface area contributed by atoms with Gasteiger partial charge in [0.05, 0.1) is 32.3 Å². The second-order valence-electron chi connectivity index (χ2n) is 4.19. The Morgan fingerprint density at radius 2 is 2.24 bits per heavy atom. The first-order valence-electron chi connectivity index (χ1n) is 5.74. The first kappa shape index (κ1) is 13.9. The first-order valence-corrected chi connectivity index (χ1v) is 5.74. The van der Waals surface area contributed by atoms with Crippen LogP contribution in [-0.2, 0) is 19.1 Å². The van der Waals surface area contributed by atoms with E-state index in [1.807, 2.05) is 13.8 Å². The van der Waals surface area contributed by atoms with E-state index >= 15 is 0 Å². The van der Waals surface area contributed by atoms with Gasteiger partial charge in [0.25, 0.3) is 0 Å². The predicted octanol–water partition coefficient (Wildman–Crippen LogP) is 0.114. The van der Waals surface area contributed by atoms with Crippen LogP contribution in [0.3, 0.4) is 0 Å². The fourth-order valence-corrected chi connectivity index (χ4v) is 1.63. The summed E-state index contributed by atoms with van der Waals surface area (Å²) in [6, 6.07) is -0.865. The van der Waals surface area contributed by atoms with E-state index in [0.29, 0.717) is 19.8 Å². The van der Waals surface area contributed by atoms with E-state index in [1.54, 1.807) is 0 Å². The molecule has 0 aliphatic carbocycles. The zero-order valence-corrected chi connectivity index (χ0v) is 10.2. The van der Waals surface area contributed by atoms with Crippen molar-refractivity contribution >= 4 is 11.9 Å². The molecule has 6 heteroatoms. The van der Waals surface area contributed by atoms with E-state index in [9.17, 15) is 9.59 Å². The number of hydrogen-bond donors (Lipinski definition) is 1. The SMILES string of the molecule is CC(C)OCCC(=O)N1CCOCC1C(=O)O. The van der Waals surface area contributed by atoms with Crippen LogP contribution in [0.15, 0.2) is 0 Å². The maximum Gasteiger partial charge on any atom is 0.328 e. The third-order valence-corrected chi connectivity index (χ3v) is 2.50. The van der Waals surface area contributed by atoms with E-state index in [1.165, 1.54) is 4.90 Å². The van der Waals surface area contributed by atoms with Gasteiger partial charge in [0.1, 0.15) is 0 Å². The summed E-state index contributed by atoms with van der Waals surface area (Å²) in [4.78, 5) is 24.1. The number of nitrogens with zero attached hydrogens (tertiary/aromatic N) is 1. The van der Waals surface area contributed by atoms with Crippen LogP contribution in [0.1, 0.15) is 20.3 Å². The number of carboxylic acids is 1. The van der Waals surface area contributed by atoms with Gasteiger partial charge in [-0.3, -0.25) is 4.79 Å². The summed E-state index contributed by atoms with van der Waals surface area (Å²) in [5.41, 5.74) is 0. The van der Waals surface area contributed by atoms with Gasteiger partial charge in [0, 0.05) is 6.54 Å². The summed E-state index contributed by atoms with van der Waals surface area (Å²) in [6.45, 7) is 4.88. The molecule has 0 aromatic heterocycles. The highest BCUT2D eigenvalue weighted by molar-refractivity contribution is 5.84. The first-order chi connectivity index (χ1) is 8.02. The third kappa shape index (κ3) is 4.32. The maximum atomic E-state index is 11.8. The average molecular weight is 245 g/mol. The number of carbonyl (C=O) groups is 2. The molecule has 6 nitrogen and oxygen atoms in total. The summed E-state index contributed by atoms with van der Waals surface area (Å²) in [5.74, 6) is -1.22. The molecular formula is C11H19NO5. The van der Waals surface area contributed by atoms with Gasteiger partial charge in [-0.1, -0.05) is 0 Å². The zero-order chi connectivity index (χ0) is 12.8. The Balaban J connectivity index is 2.45. The minimum Gasteiger partial charge on any atom is -0.480 e. The predicted molar refractivity (Wildman–Crippen MR) is 59.7 cm³/mol. The molecule has 1 aliphatic rings. The number of hydrogen-bond acceptors (Lipinski definition) is 4. The second-order valence-corrected chi connectivity index (χ2v) is 4.19. The highest BCUT2D eigenvalue weighted by atomic mass is 16.5. The highest BCUT2D eigenvalue weighted by Crippen LogP contribution is 2.09. The smallest absolute Gasteiger partial charge is 0.328 e. The Hall–Kier alpha value is -1.14. The second kappa shape index (κ2) is 6.56. The van der Waals surface area contributed by atoms with Crippen LogP contribution in [0.2, 0.25) is 0 Å². The lowest BCUT2D eigenvalue weighted by atomic mass is 10.2. The number of amides is 1. The Bertz CT molecular complexity index is 279. The van der Waals surface area contributed by atoms with Crippen LogP contribution in [0.25, 0.3) is 0 Å². The molecule has 1 N–H and O–H groups in total. The molecular weight excluding hydrogens is 226 g/mol. The molecule has 0 bridgehead atoms. The van der Waals surface area contributed by atoms with Crippen LogP contribution in [0.5, 0.6) is 0 Å². The standard InChI is InChI=1S/C11H19NO5/c1-8(2)17-5-3-10(13)12-4-6-16-7-9(12)11(14)15/h8-9H,3-7H2,1-2H3,(H,14,15). The Kier molecular flexibility index (Phi) is 5.37. The van der Waals surface area contributed by atoms with Crippen molar-refractivity contribution in [2.24, 2.45) is 0 Å². The number of rotatable bonds is 5. The normalized spacial score (nSPS) is 20.6. The third-order valence-electron chi connectivity index (χ3n) is 2.50. The van der Waals surface area contributed by atoms with E-state index in [2.05, 4.69) is 0 Å². The fraction of sp³-hybridized carbons (Fsp3) is 0.818. The number of carbonyl (C=O) groups excluding carboxylic acids is 1. The molecule has 98 valence electrons. The molecule has 1 atom stereocenters. The van der Waals surface area contributed by atoms with Gasteiger partial charge in [-0.2, -0.15) is 0 Å². The van der Waals surface area contributed by atoms with Crippen molar-refractivity contribution < 1.29 is 24.2 Å². The van der Waals surface area contributed by atoms with Crippen molar-refractivity contribution in [2.45, 2.75) is 32.4 Å². The van der Waals surface area contributed by atoms with E-state index < -0.39 is 12.0 Å². The van der Waals surface area contributed by atoms with Crippen molar-refractivity contribution in [1.29, 1.82) is 0 Å². The average Bonchev–Trinajstić information content (AvgIpc) is 2.28. The number of morpholine rings is 1. The fourth-order valence-electron chi connectivity index (χ4n) is 1.63. The highest BCUT2D eigenvalue weighted by Gasteiger charge is 2.32. The van der Waals surface area contributed by atoms with Crippen molar-refractivity contribution in [3.63, 3.8) is 0 Å². The molecule has 1 heterocycles. The minimum atomic E-state index is -1.03. The summed E-state index contributed by atoms with van der Waals surface area (Å²) < 4.78 is 10.3. The summed E-state index contributed by atoms with van der Waals surface area (Å²) >= 11 is 0. The van der Waals surface area contributed by atoms with E-state index in [4.69, 9.17) is 14.6 Å². The molecule has 0 saturated carbocycles. The molecule has 1 rings (SSSR count). The van der Waals surface area contributed by atoms with Crippen molar-refractivity contribution in [1.82, 2.24) is 4.90 Å². The Morgan fingerprint density at radius 1 is 1.53 bits per heavy atom. The lowest BCUT2D eigenvalue weighted by Crippen LogP contribution is -2.52. The molecule has 0 radical (unpaired) electrons. The lowest BCUT2D eigenvalue weighted by molar-refractivity contribution is -0.158. The summed E-state index contributed by atoms with van der Waals surface area (Å²) in [6.07, 6.45) is 0.282. The van der Waals surface area contributed by atoms with Crippen molar-refractivity contribution in [3.8, 4) is 0 Å². The molecule has 1 unspecified atom stereocenters. The van der Waals surface area contributed by atoms with Crippen molar-refractivity contribution in [3.05, 3.63) is 0 Å². The minimum absolute atomic E-state index is 0.0616. The molecule has 0 aromatic rings. The van der Waals surface area contributed by atoms with E-state index in [0.717, 1.165) is 0 Å². The summed E-state index contributed by atoms with van der Waals surface area (Å²) in [5, 5.41) is 8.97. The number of ether oxygens (including phenoxy) is 2. The van der Waals surface area contributed by atoms with Crippen LogP contribution < -0.4 is 0 Å². The number of carboxylic acid groups (broad SMARTS) is 1. The monoisotopic (exact) mass is 245 g/mol.